The molecule has 5 rings (SSSR count). The van der Waals surface area contributed by atoms with E-state index in [1.807, 2.05) is 24.3 Å². The summed E-state index contributed by atoms with van der Waals surface area (Å²) >= 11 is 0. The molecule has 0 amide bonds. The summed E-state index contributed by atoms with van der Waals surface area (Å²) in [5.41, 5.74) is 2.58. The quantitative estimate of drug-likeness (QED) is 0.512. The number of fused-ring (bicyclic) bond motifs is 5. The van der Waals surface area contributed by atoms with E-state index in [0.29, 0.717) is 41.9 Å². The number of Topliss-reactive ketones (excluding diaryl/α,β-unsaturated/α-hetero) is 1. The van der Waals surface area contributed by atoms with E-state index < -0.39 is 11.6 Å². The number of esters is 1. The normalized spacial score (nSPS) is 19.0. The van der Waals surface area contributed by atoms with Gasteiger partial charge in [0.2, 0.25) is 0 Å². The fourth-order valence-corrected chi connectivity index (χ4v) is 4.51. The third-order valence-corrected chi connectivity index (χ3v) is 6.34. The maximum Gasteiger partial charge on any atom is 0.343 e. The molecule has 1 atom stereocenters. The van der Waals surface area contributed by atoms with E-state index in [9.17, 15) is 19.5 Å². The number of hydrogen-bond acceptors (Lipinski definition) is 6. The summed E-state index contributed by atoms with van der Waals surface area (Å²) in [4.78, 5) is 41.5. The summed E-state index contributed by atoms with van der Waals surface area (Å²) in [6.45, 7) is 3.50. The highest BCUT2D eigenvalue weighted by atomic mass is 16.6. The first-order chi connectivity index (χ1) is 14.8. The largest absolute Gasteiger partial charge is 0.458 e. The number of nitrogens with zero attached hydrogens (tertiary/aromatic N) is 2. The Labute approximate surface area is 178 Å². The lowest BCUT2D eigenvalue weighted by atomic mass is 9.86. The molecule has 1 N–H and O–H groups in total. The predicted octanol–water partition coefficient (Wildman–Crippen LogP) is 2.60. The Bertz CT molecular complexity index is 1340. The van der Waals surface area contributed by atoms with E-state index >= 15 is 0 Å². The second-order valence-corrected chi connectivity index (χ2v) is 8.33. The van der Waals surface area contributed by atoms with Crippen LogP contribution in [0.15, 0.2) is 35.1 Å². The van der Waals surface area contributed by atoms with Crippen LogP contribution in [0.2, 0.25) is 0 Å². The van der Waals surface area contributed by atoms with Gasteiger partial charge in [-0.25, -0.2) is 9.78 Å². The van der Waals surface area contributed by atoms with Crippen molar-refractivity contribution in [2.24, 2.45) is 0 Å². The molecule has 3 aromatic rings. The van der Waals surface area contributed by atoms with Crippen molar-refractivity contribution in [2.75, 3.05) is 0 Å². The number of carbonyl (C=O) groups is 2. The van der Waals surface area contributed by atoms with Crippen LogP contribution in [0.5, 0.6) is 0 Å². The Hall–Kier alpha value is -3.32. The molecule has 0 unspecified atom stereocenters. The minimum atomic E-state index is -1.83. The lowest BCUT2D eigenvalue weighted by Gasteiger charge is -2.31. The van der Waals surface area contributed by atoms with Crippen LogP contribution in [0, 0.1) is 0 Å². The van der Waals surface area contributed by atoms with Gasteiger partial charge in [0.15, 0.2) is 5.60 Å². The molecule has 0 saturated carbocycles. The number of cyclic esters (lactones) is 1. The molecular weight excluding hydrogens is 396 g/mol. The van der Waals surface area contributed by atoms with Gasteiger partial charge >= 0.3 is 5.97 Å². The lowest BCUT2D eigenvalue weighted by Crippen LogP contribution is -2.44. The fraction of sp³-hybridized carbons (Fsp3) is 0.333. The highest BCUT2D eigenvalue weighted by molar-refractivity contribution is 5.86. The molecule has 0 saturated heterocycles. The monoisotopic (exact) mass is 418 g/mol. The van der Waals surface area contributed by atoms with E-state index in [-0.39, 0.29) is 24.4 Å². The molecule has 158 valence electrons. The van der Waals surface area contributed by atoms with Crippen molar-refractivity contribution in [3.8, 4) is 11.4 Å². The van der Waals surface area contributed by atoms with Crippen LogP contribution >= 0.6 is 0 Å². The minimum absolute atomic E-state index is 0.114. The zero-order valence-electron chi connectivity index (χ0n) is 17.4. The van der Waals surface area contributed by atoms with Crippen LogP contribution in [-0.2, 0) is 39.5 Å². The van der Waals surface area contributed by atoms with Crippen molar-refractivity contribution in [3.05, 3.63) is 62.9 Å². The third kappa shape index (κ3) is 2.91. The summed E-state index contributed by atoms with van der Waals surface area (Å²) in [6, 6.07) is 9.65. The third-order valence-electron chi connectivity index (χ3n) is 6.34. The Balaban J connectivity index is 1.64. The number of pyridine rings is 2. The number of ketones is 1. The Kier molecular flexibility index (Phi) is 4.34. The van der Waals surface area contributed by atoms with Crippen molar-refractivity contribution >= 4 is 22.7 Å². The summed E-state index contributed by atoms with van der Waals surface area (Å²) in [7, 11) is 0. The topological polar surface area (TPSA) is 98.5 Å². The second kappa shape index (κ2) is 6.85. The van der Waals surface area contributed by atoms with E-state index in [1.165, 1.54) is 0 Å². The van der Waals surface area contributed by atoms with Crippen molar-refractivity contribution in [1.29, 1.82) is 0 Å². The number of rotatable bonds is 4. The van der Waals surface area contributed by atoms with Crippen LogP contribution < -0.4 is 5.56 Å². The maximum atomic E-state index is 13.2. The number of hydrogen-bond donors (Lipinski definition) is 1. The molecule has 0 bridgehead atoms. The van der Waals surface area contributed by atoms with Gasteiger partial charge in [0.05, 0.1) is 29.0 Å². The van der Waals surface area contributed by atoms with Gasteiger partial charge in [0.1, 0.15) is 12.4 Å². The zero-order chi connectivity index (χ0) is 21.9. The van der Waals surface area contributed by atoms with Crippen molar-refractivity contribution in [2.45, 2.75) is 51.9 Å². The minimum Gasteiger partial charge on any atom is -0.458 e. The van der Waals surface area contributed by atoms with Gasteiger partial charge in [-0.05, 0) is 49.6 Å². The number of benzene rings is 1. The van der Waals surface area contributed by atoms with Crippen LogP contribution in [0.1, 0.15) is 48.9 Å². The molecule has 7 heteroatoms. The van der Waals surface area contributed by atoms with Crippen molar-refractivity contribution in [1.82, 2.24) is 9.55 Å². The summed E-state index contributed by atoms with van der Waals surface area (Å²) in [6.07, 6.45) is 1.29. The number of ether oxygens (including phenoxy) is 1. The van der Waals surface area contributed by atoms with Crippen LogP contribution in [-0.4, -0.2) is 26.4 Å². The number of aliphatic hydroxyl groups is 1. The van der Waals surface area contributed by atoms with E-state index in [0.717, 1.165) is 22.0 Å². The van der Waals surface area contributed by atoms with Gasteiger partial charge in [0, 0.05) is 22.9 Å². The molecule has 0 fully saturated rings. The average Bonchev–Trinajstić information content (AvgIpc) is 3.11. The predicted molar refractivity (Wildman–Crippen MR) is 114 cm³/mol. The fourth-order valence-electron chi connectivity index (χ4n) is 4.51. The van der Waals surface area contributed by atoms with Gasteiger partial charge in [-0.3, -0.25) is 4.79 Å². The smallest absolute Gasteiger partial charge is 0.343 e. The van der Waals surface area contributed by atoms with Gasteiger partial charge in [0.25, 0.3) is 5.56 Å². The molecule has 0 aliphatic carbocycles. The molecule has 2 aromatic heterocycles. The number of carbonyl (C=O) groups excluding carboxylic acids is 2. The first-order valence-corrected chi connectivity index (χ1v) is 10.4. The van der Waals surface area contributed by atoms with E-state index in [4.69, 9.17) is 9.72 Å². The van der Waals surface area contributed by atoms with E-state index in [2.05, 4.69) is 0 Å². The van der Waals surface area contributed by atoms with Crippen LogP contribution in [0.3, 0.4) is 0 Å². The number of aryl methyl sites for hydroxylation is 1. The van der Waals surface area contributed by atoms with Crippen LogP contribution in [0.25, 0.3) is 22.3 Å². The Morgan fingerprint density at radius 1 is 1.26 bits per heavy atom. The van der Waals surface area contributed by atoms with Gasteiger partial charge < -0.3 is 19.2 Å². The SMILES string of the molecule is CC[C@@]1(O)C(=O)OCc2c1cc1n(c2=O)Cc2cc3cc(CCC(C)=O)ccc3nc2-1. The first-order valence-electron chi connectivity index (χ1n) is 10.4. The zero-order valence-corrected chi connectivity index (χ0v) is 17.4. The molecule has 4 heterocycles. The lowest BCUT2D eigenvalue weighted by molar-refractivity contribution is -0.172. The summed E-state index contributed by atoms with van der Waals surface area (Å²) < 4.78 is 6.73. The van der Waals surface area contributed by atoms with Gasteiger partial charge in [-0.15, -0.1) is 0 Å². The average molecular weight is 418 g/mol. The number of aromatic nitrogens is 2. The maximum absolute atomic E-state index is 13.2. The summed E-state index contributed by atoms with van der Waals surface area (Å²) in [5, 5.41) is 11.9. The molecule has 31 heavy (non-hydrogen) atoms. The Morgan fingerprint density at radius 3 is 2.81 bits per heavy atom. The van der Waals surface area contributed by atoms with Crippen LogP contribution in [0.4, 0.5) is 0 Å². The van der Waals surface area contributed by atoms with E-state index in [1.54, 1.807) is 24.5 Å². The highest BCUT2D eigenvalue weighted by Gasteiger charge is 2.45. The summed E-state index contributed by atoms with van der Waals surface area (Å²) in [5.74, 6) is -0.574. The molecule has 2 aliphatic heterocycles. The standard InChI is InChI=1S/C24H22N2O5/c1-3-24(30)18-10-20-21-16(11-26(20)22(28)17(18)12-31-23(24)29)9-15-8-14(5-4-13(2)27)6-7-19(15)25-21/h6-10,30H,3-5,11-12H2,1-2H3/t24-/m0/s1. The van der Waals surface area contributed by atoms with Gasteiger partial charge in [-0.2, -0.15) is 0 Å². The molecule has 2 aliphatic rings. The van der Waals surface area contributed by atoms with Crippen molar-refractivity contribution in [3.63, 3.8) is 0 Å². The van der Waals surface area contributed by atoms with Crippen molar-refractivity contribution < 1.29 is 19.4 Å². The second-order valence-electron chi connectivity index (χ2n) is 8.33. The molecular formula is C24H22N2O5. The van der Waals surface area contributed by atoms with Gasteiger partial charge in [-0.1, -0.05) is 13.0 Å². The molecule has 0 radical (unpaired) electrons. The molecule has 0 spiro atoms. The molecule has 1 aromatic carbocycles. The molecule has 7 nitrogen and oxygen atoms in total. The Morgan fingerprint density at radius 2 is 2.06 bits per heavy atom. The first kappa shape index (κ1) is 19.6. The highest BCUT2D eigenvalue weighted by Crippen LogP contribution is 2.38.